The molecule has 0 N–H and O–H groups in total. The van der Waals surface area contributed by atoms with E-state index in [2.05, 4.69) is 9.97 Å². The molecule has 1 saturated carbocycles. The van der Waals surface area contributed by atoms with Crippen molar-refractivity contribution in [2.75, 3.05) is 11.9 Å². The zero-order valence-corrected chi connectivity index (χ0v) is 16.9. The summed E-state index contributed by atoms with van der Waals surface area (Å²) in [4.78, 5) is 9.67. The van der Waals surface area contributed by atoms with Gasteiger partial charge in [-0.2, -0.15) is 18.2 Å². The molecule has 158 valence electrons. The molecule has 5 nitrogen and oxygen atoms in total. The van der Waals surface area contributed by atoms with Crippen LogP contribution in [0.15, 0.2) is 30.5 Å². The van der Waals surface area contributed by atoms with Gasteiger partial charge < -0.3 is 14.4 Å². The highest BCUT2D eigenvalue weighted by atomic mass is 19.4. The molecule has 0 atom stereocenters. The van der Waals surface area contributed by atoms with Crippen LogP contribution in [-0.4, -0.2) is 29.2 Å². The molecule has 0 saturated heterocycles. The second-order valence-electron chi connectivity index (χ2n) is 7.48. The molecule has 1 fully saturated rings. The van der Waals surface area contributed by atoms with Gasteiger partial charge in [0.25, 0.3) is 0 Å². The van der Waals surface area contributed by atoms with E-state index >= 15 is 0 Å². The van der Waals surface area contributed by atoms with Crippen LogP contribution in [0, 0.1) is 0 Å². The Labute approximate surface area is 168 Å². The van der Waals surface area contributed by atoms with Gasteiger partial charge in [0.2, 0.25) is 11.8 Å². The number of aromatic nitrogens is 2. The number of hydrogen-bond acceptors (Lipinski definition) is 5. The summed E-state index contributed by atoms with van der Waals surface area (Å²) in [5.74, 6) is 0.453. The molecular formula is C21H26F3N3O2. The van der Waals surface area contributed by atoms with Crippen molar-refractivity contribution in [2.24, 2.45) is 0 Å². The third kappa shape index (κ3) is 5.52. The van der Waals surface area contributed by atoms with Crippen LogP contribution in [0.25, 0.3) is 0 Å². The van der Waals surface area contributed by atoms with Gasteiger partial charge in [0.15, 0.2) is 0 Å². The minimum atomic E-state index is -4.57. The molecule has 1 aliphatic carbocycles. The summed E-state index contributed by atoms with van der Waals surface area (Å²) >= 11 is 0. The predicted molar refractivity (Wildman–Crippen MR) is 105 cm³/mol. The maximum Gasteiger partial charge on any atom is 0.423 e. The van der Waals surface area contributed by atoms with Crippen molar-refractivity contribution < 1.29 is 22.6 Å². The van der Waals surface area contributed by atoms with Crippen molar-refractivity contribution in [3.8, 4) is 11.6 Å². The molecule has 0 unspecified atom stereocenters. The molecule has 0 aliphatic heterocycles. The Morgan fingerprint density at radius 3 is 2.31 bits per heavy atom. The third-order valence-corrected chi connectivity index (χ3v) is 4.77. The average Bonchev–Trinajstić information content (AvgIpc) is 2.67. The predicted octanol–water partition coefficient (Wildman–Crippen LogP) is 5.76. The summed E-state index contributed by atoms with van der Waals surface area (Å²) in [5, 5.41) is 0. The topological polar surface area (TPSA) is 47.5 Å². The van der Waals surface area contributed by atoms with Crippen LogP contribution in [0.4, 0.5) is 24.8 Å². The zero-order chi connectivity index (χ0) is 21.0. The number of rotatable bonds is 6. The molecular weight excluding hydrogens is 383 g/mol. The summed E-state index contributed by atoms with van der Waals surface area (Å²) < 4.78 is 51.6. The van der Waals surface area contributed by atoms with E-state index in [9.17, 15) is 13.2 Å². The largest absolute Gasteiger partial charge is 0.491 e. The Kier molecular flexibility index (Phi) is 6.49. The first-order valence-corrected chi connectivity index (χ1v) is 9.85. The maximum atomic E-state index is 13.4. The highest BCUT2D eigenvalue weighted by Gasteiger charge is 2.37. The van der Waals surface area contributed by atoms with Gasteiger partial charge in [-0.25, -0.2) is 4.98 Å². The number of anilines is 2. The highest BCUT2D eigenvalue weighted by molar-refractivity contribution is 5.58. The van der Waals surface area contributed by atoms with Gasteiger partial charge in [-0.3, -0.25) is 0 Å². The monoisotopic (exact) mass is 409 g/mol. The van der Waals surface area contributed by atoms with Crippen LogP contribution >= 0.6 is 0 Å². The first kappa shape index (κ1) is 21.2. The molecule has 1 aliphatic rings. The van der Waals surface area contributed by atoms with Crippen molar-refractivity contribution in [2.45, 2.75) is 64.3 Å². The second-order valence-corrected chi connectivity index (χ2v) is 7.48. The first-order chi connectivity index (χ1) is 13.7. The standard InChI is InChI=1S/C21H26F3N3O2/c1-14(2)28-17-11-9-15(10-12-17)27(3)20-25-13-18(21(22,23)24)19(26-20)29-16-7-5-4-6-8-16/h9-14,16H,4-8H2,1-3H3. The second kappa shape index (κ2) is 8.88. The van der Waals surface area contributed by atoms with Crippen LogP contribution in [0.1, 0.15) is 51.5 Å². The van der Waals surface area contributed by atoms with Gasteiger partial charge >= 0.3 is 6.18 Å². The van der Waals surface area contributed by atoms with E-state index in [1.165, 1.54) is 0 Å². The lowest BCUT2D eigenvalue weighted by molar-refractivity contribution is -0.140. The highest BCUT2D eigenvalue weighted by Crippen LogP contribution is 2.37. The first-order valence-electron chi connectivity index (χ1n) is 9.85. The van der Waals surface area contributed by atoms with Crippen LogP contribution in [0.2, 0.25) is 0 Å². The van der Waals surface area contributed by atoms with E-state index in [1.54, 1.807) is 36.2 Å². The number of nitrogens with zero attached hydrogens (tertiary/aromatic N) is 3. The van der Waals surface area contributed by atoms with E-state index in [1.807, 2.05) is 13.8 Å². The van der Waals surface area contributed by atoms with Gasteiger partial charge in [0.1, 0.15) is 17.4 Å². The quantitative estimate of drug-likeness (QED) is 0.607. The normalized spacial score (nSPS) is 15.4. The lowest BCUT2D eigenvalue weighted by atomic mass is 9.98. The molecule has 8 heteroatoms. The van der Waals surface area contributed by atoms with Crippen molar-refractivity contribution in [1.82, 2.24) is 9.97 Å². The summed E-state index contributed by atoms with van der Waals surface area (Å²) in [6.07, 6.45) is 0.503. The molecule has 2 aromatic rings. The van der Waals surface area contributed by atoms with Crippen LogP contribution in [-0.2, 0) is 6.18 Å². The fraction of sp³-hybridized carbons (Fsp3) is 0.524. The van der Waals surface area contributed by atoms with Crippen molar-refractivity contribution in [1.29, 1.82) is 0 Å². The molecule has 29 heavy (non-hydrogen) atoms. The molecule has 1 aromatic carbocycles. The molecule has 0 radical (unpaired) electrons. The minimum Gasteiger partial charge on any atom is -0.491 e. The molecule has 1 heterocycles. The molecule has 0 amide bonds. The van der Waals surface area contributed by atoms with E-state index in [4.69, 9.17) is 9.47 Å². The Hall–Kier alpha value is -2.51. The number of hydrogen-bond donors (Lipinski definition) is 0. The summed E-state index contributed by atoms with van der Waals surface area (Å²) in [5.41, 5.74) is -0.217. The number of halogens is 3. The summed E-state index contributed by atoms with van der Waals surface area (Å²) in [6.45, 7) is 3.87. The minimum absolute atomic E-state index is 0.0521. The lowest BCUT2D eigenvalue weighted by Crippen LogP contribution is -2.23. The number of alkyl halides is 3. The SMILES string of the molecule is CC(C)Oc1ccc(N(C)c2ncc(C(F)(F)F)c(OC3CCCCC3)n2)cc1. The number of benzene rings is 1. The Morgan fingerprint density at radius 1 is 1.07 bits per heavy atom. The van der Waals surface area contributed by atoms with Gasteiger partial charge in [-0.05, 0) is 63.8 Å². The van der Waals surface area contributed by atoms with E-state index in [0.717, 1.165) is 44.0 Å². The van der Waals surface area contributed by atoms with Gasteiger partial charge in [0.05, 0.1) is 6.10 Å². The third-order valence-electron chi connectivity index (χ3n) is 4.77. The van der Waals surface area contributed by atoms with Crippen molar-refractivity contribution >= 4 is 11.6 Å². The average molecular weight is 409 g/mol. The fourth-order valence-corrected chi connectivity index (χ4v) is 3.28. The molecule has 0 spiro atoms. The van der Waals surface area contributed by atoms with Crippen LogP contribution in [0.5, 0.6) is 11.6 Å². The maximum absolute atomic E-state index is 13.4. The smallest absolute Gasteiger partial charge is 0.423 e. The number of ether oxygens (including phenoxy) is 2. The van der Waals surface area contributed by atoms with Gasteiger partial charge in [0, 0.05) is 18.9 Å². The van der Waals surface area contributed by atoms with Crippen LogP contribution in [0.3, 0.4) is 0 Å². The van der Waals surface area contributed by atoms with E-state index in [-0.39, 0.29) is 18.2 Å². The molecule has 0 bridgehead atoms. The van der Waals surface area contributed by atoms with Crippen molar-refractivity contribution in [3.63, 3.8) is 0 Å². The fourth-order valence-electron chi connectivity index (χ4n) is 3.28. The summed E-state index contributed by atoms with van der Waals surface area (Å²) in [6, 6.07) is 7.21. The summed E-state index contributed by atoms with van der Waals surface area (Å²) in [7, 11) is 1.70. The lowest BCUT2D eigenvalue weighted by Gasteiger charge is -2.25. The van der Waals surface area contributed by atoms with Crippen molar-refractivity contribution in [3.05, 3.63) is 36.0 Å². The van der Waals surface area contributed by atoms with Crippen LogP contribution < -0.4 is 14.4 Å². The van der Waals surface area contributed by atoms with Gasteiger partial charge in [-0.1, -0.05) is 6.42 Å². The Balaban J connectivity index is 1.85. The molecule has 3 rings (SSSR count). The Bertz CT molecular complexity index is 804. The van der Waals surface area contributed by atoms with E-state index < -0.39 is 17.6 Å². The van der Waals surface area contributed by atoms with Gasteiger partial charge in [-0.15, -0.1) is 0 Å². The zero-order valence-electron chi connectivity index (χ0n) is 16.9. The van der Waals surface area contributed by atoms with E-state index in [0.29, 0.717) is 5.75 Å². The Morgan fingerprint density at radius 2 is 1.72 bits per heavy atom. The molecule has 1 aromatic heterocycles.